The van der Waals surface area contributed by atoms with Crippen molar-refractivity contribution >= 4 is 46.6 Å². The molecule has 0 atom stereocenters. The van der Waals surface area contributed by atoms with E-state index in [-0.39, 0.29) is 5.91 Å². The van der Waals surface area contributed by atoms with E-state index in [1.54, 1.807) is 30.9 Å². The van der Waals surface area contributed by atoms with Gasteiger partial charge in [0, 0.05) is 35.7 Å². The van der Waals surface area contributed by atoms with Crippen LogP contribution in [0.15, 0.2) is 47.2 Å². The van der Waals surface area contributed by atoms with Gasteiger partial charge in [0.05, 0.1) is 23.1 Å². The van der Waals surface area contributed by atoms with Crippen molar-refractivity contribution in [2.45, 2.75) is 13.8 Å². The number of amides is 1. The molecular weight excluding hydrogens is 390 g/mol. The Morgan fingerprint density at radius 2 is 2.21 bits per heavy atom. The predicted molar refractivity (Wildman–Crippen MR) is 115 cm³/mol. The Morgan fingerprint density at radius 1 is 1.34 bits per heavy atom. The van der Waals surface area contributed by atoms with Gasteiger partial charge < -0.3 is 15.4 Å². The lowest BCUT2D eigenvalue weighted by molar-refractivity contribution is -0.110. The first-order chi connectivity index (χ1) is 14.0. The molecule has 2 aliphatic rings. The van der Waals surface area contributed by atoms with Crippen LogP contribution >= 0.6 is 11.6 Å². The van der Waals surface area contributed by atoms with Crippen LogP contribution < -0.4 is 10.6 Å². The van der Waals surface area contributed by atoms with Gasteiger partial charge in [0.15, 0.2) is 0 Å². The van der Waals surface area contributed by atoms with Crippen LogP contribution in [0.1, 0.15) is 30.5 Å². The maximum atomic E-state index is 12.5. The Morgan fingerprint density at radius 3 is 2.90 bits per heavy atom. The van der Waals surface area contributed by atoms with E-state index >= 15 is 0 Å². The third kappa shape index (κ3) is 3.95. The van der Waals surface area contributed by atoms with Crippen LogP contribution in [0.3, 0.4) is 0 Å². The second-order valence-electron chi connectivity index (χ2n) is 6.88. The number of carbonyl (C=O) groups excluding carboxylic acids is 1. The Labute approximate surface area is 173 Å². The molecule has 2 aromatic rings. The first-order valence-corrected chi connectivity index (χ1v) is 9.55. The summed E-state index contributed by atoms with van der Waals surface area (Å²) in [5.41, 5.74) is 5.55. The van der Waals surface area contributed by atoms with Crippen LogP contribution in [0, 0.1) is 0 Å². The van der Waals surface area contributed by atoms with E-state index in [9.17, 15) is 4.79 Å². The average Bonchev–Trinajstić information content (AvgIpc) is 3.32. The van der Waals surface area contributed by atoms with E-state index in [0.29, 0.717) is 28.8 Å². The van der Waals surface area contributed by atoms with E-state index in [4.69, 9.17) is 16.3 Å². The van der Waals surface area contributed by atoms with Gasteiger partial charge in [0.1, 0.15) is 6.61 Å². The molecule has 1 aromatic carbocycles. The van der Waals surface area contributed by atoms with Crippen molar-refractivity contribution in [2.24, 2.45) is 4.99 Å². The third-order valence-corrected chi connectivity index (χ3v) is 4.88. The maximum absolute atomic E-state index is 12.5. The number of aromatic amines is 1. The number of ether oxygens (including phenoxy) is 1. The molecule has 2 aliphatic heterocycles. The number of H-pyrrole nitrogens is 1. The van der Waals surface area contributed by atoms with Crippen LogP contribution in [0.25, 0.3) is 17.2 Å². The molecule has 0 spiro atoms. The summed E-state index contributed by atoms with van der Waals surface area (Å²) in [5, 5.41) is 13.1. The van der Waals surface area contributed by atoms with Crippen LogP contribution in [-0.4, -0.2) is 35.5 Å². The lowest BCUT2D eigenvalue weighted by atomic mass is 9.97. The lowest BCUT2D eigenvalue weighted by Crippen LogP contribution is -2.19. The summed E-state index contributed by atoms with van der Waals surface area (Å²) in [7, 11) is 0. The number of fused-ring (bicyclic) bond motifs is 1. The van der Waals surface area contributed by atoms with E-state index < -0.39 is 0 Å². The molecule has 148 valence electrons. The first-order valence-electron chi connectivity index (χ1n) is 9.17. The molecule has 0 saturated carbocycles. The molecule has 8 heteroatoms. The number of aliphatic imine (C=N–C) groups is 1. The van der Waals surface area contributed by atoms with Crippen molar-refractivity contribution in [3.05, 3.63) is 63.9 Å². The van der Waals surface area contributed by atoms with Crippen molar-refractivity contribution in [3.63, 3.8) is 0 Å². The van der Waals surface area contributed by atoms with Crippen LogP contribution in [0.5, 0.6) is 0 Å². The van der Waals surface area contributed by atoms with E-state index in [2.05, 4.69) is 25.8 Å². The number of allylic oxidation sites excluding steroid dienone is 2. The molecule has 0 bridgehead atoms. The van der Waals surface area contributed by atoms with Gasteiger partial charge in [-0.05, 0) is 43.2 Å². The molecule has 1 amide bonds. The largest absolute Gasteiger partial charge is 0.475 e. The molecule has 29 heavy (non-hydrogen) atoms. The minimum atomic E-state index is -0.195. The summed E-state index contributed by atoms with van der Waals surface area (Å²) >= 11 is 6.51. The highest BCUT2D eigenvalue weighted by Crippen LogP contribution is 2.40. The van der Waals surface area contributed by atoms with Crippen LogP contribution in [0.4, 0.5) is 5.69 Å². The van der Waals surface area contributed by atoms with Crippen molar-refractivity contribution in [1.29, 1.82) is 0 Å². The van der Waals surface area contributed by atoms with Gasteiger partial charge >= 0.3 is 0 Å². The summed E-state index contributed by atoms with van der Waals surface area (Å²) in [4.78, 5) is 17.0. The summed E-state index contributed by atoms with van der Waals surface area (Å²) in [6.07, 6.45) is 8.67. The zero-order valence-electron chi connectivity index (χ0n) is 16.0. The van der Waals surface area contributed by atoms with Crippen molar-refractivity contribution in [1.82, 2.24) is 15.5 Å². The minimum Gasteiger partial charge on any atom is -0.475 e. The number of benzene rings is 1. The van der Waals surface area contributed by atoms with E-state index in [1.165, 1.54) is 0 Å². The summed E-state index contributed by atoms with van der Waals surface area (Å²) in [5.74, 6) is 0.333. The number of carbonyl (C=O) groups is 1. The second kappa shape index (κ2) is 7.97. The fraction of sp³-hybridized carbons (Fsp3) is 0.190. The molecule has 4 rings (SSSR count). The van der Waals surface area contributed by atoms with E-state index in [0.717, 1.165) is 34.4 Å². The van der Waals surface area contributed by atoms with Crippen molar-refractivity contribution in [3.8, 4) is 0 Å². The number of nitrogens with zero attached hydrogens (tertiary/aromatic N) is 2. The van der Waals surface area contributed by atoms with Gasteiger partial charge in [-0.25, -0.2) is 4.99 Å². The van der Waals surface area contributed by atoms with Crippen molar-refractivity contribution in [2.75, 3.05) is 18.5 Å². The summed E-state index contributed by atoms with van der Waals surface area (Å²) in [6.45, 7) is 5.35. The summed E-state index contributed by atoms with van der Waals surface area (Å²) < 4.78 is 5.51. The molecular formula is C21H20ClN5O2. The van der Waals surface area contributed by atoms with Gasteiger partial charge in [0.2, 0.25) is 5.88 Å². The normalized spacial score (nSPS) is 16.9. The fourth-order valence-electron chi connectivity index (χ4n) is 3.17. The highest BCUT2D eigenvalue weighted by atomic mass is 35.5. The topological polar surface area (TPSA) is 91.4 Å². The average molecular weight is 410 g/mol. The third-order valence-electron chi connectivity index (χ3n) is 4.59. The quantitative estimate of drug-likeness (QED) is 0.528. The number of anilines is 1. The molecule has 0 aliphatic carbocycles. The molecule has 0 saturated heterocycles. The van der Waals surface area contributed by atoms with Crippen molar-refractivity contribution < 1.29 is 9.53 Å². The Kier molecular flexibility index (Phi) is 5.22. The minimum absolute atomic E-state index is 0.195. The molecule has 3 N–H and O–H groups in total. The zero-order chi connectivity index (χ0) is 20.4. The van der Waals surface area contributed by atoms with Gasteiger partial charge in [0.25, 0.3) is 5.91 Å². The van der Waals surface area contributed by atoms with Gasteiger partial charge in [-0.15, -0.1) is 0 Å². The molecule has 7 nitrogen and oxygen atoms in total. The van der Waals surface area contributed by atoms with Gasteiger partial charge in [-0.3, -0.25) is 9.89 Å². The number of hydrogen-bond donors (Lipinski definition) is 3. The standard InChI is InChI=1S/C21H20ClN5O2/c1-12(2)17(10-24-19-11-23-3-4-29-19)14-6-15-16(5-13-8-25-26-9-13)21(28)27-20(15)18(22)7-14/h5-11,23H,3-4H2,1-2H3,(H,25,26)(H,27,28)/b16-5-,24-10-. The molecule has 1 aromatic heterocycles. The lowest BCUT2D eigenvalue weighted by Gasteiger charge is -2.13. The van der Waals surface area contributed by atoms with Gasteiger partial charge in [-0.2, -0.15) is 5.10 Å². The molecule has 3 heterocycles. The number of rotatable bonds is 4. The monoisotopic (exact) mass is 409 g/mol. The summed E-state index contributed by atoms with van der Waals surface area (Å²) in [6, 6.07) is 3.79. The Balaban J connectivity index is 1.75. The highest BCUT2D eigenvalue weighted by molar-refractivity contribution is 6.41. The maximum Gasteiger partial charge on any atom is 0.256 e. The number of aromatic nitrogens is 2. The molecule has 0 radical (unpaired) electrons. The number of halogens is 1. The van der Waals surface area contributed by atoms with Crippen LogP contribution in [0.2, 0.25) is 5.02 Å². The fourth-order valence-corrected chi connectivity index (χ4v) is 3.43. The molecule has 0 fully saturated rings. The van der Waals surface area contributed by atoms with Gasteiger partial charge in [-0.1, -0.05) is 17.2 Å². The zero-order valence-corrected chi connectivity index (χ0v) is 16.8. The predicted octanol–water partition coefficient (Wildman–Crippen LogP) is 3.84. The Bertz CT molecular complexity index is 1080. The number of nitrogens with one attached hydrogen (secondary N) is 3. The SMILES string of the molecule is CC(C)=C(/C=N\C1=CNCCO1)c1cc(Cl)c2c(c1)/C(=C/c1cn[nH]c1)C(=O)N2. The molecule has 0 unspecified atom stereocenters. The second-order valence-corrected chi connectivity index (χ2v) is 7.29. The number of hydrogen-bond acceptors (Lipinski definition) is 5. The first kappa shape index (κ1) is 19.0. The van der Waals surface area contributed by atoms with E-state index in [1.807, 2.05) is 26.0 Å². The highest BCUT2D eigenvalue weighted by Gasteiger charge is 2.27. The smallest absolute Gasteiger partial charge is 0.256 e. The van der Waals surface area contributed by atoms with Crippen LogP contribution in [-0.2, 0) is 9.53 Å². The Hall–Kier alpha value is -3.32.